The van der Waals surface area contributed by atoms with Crippen molar-refractivity contribution in [2.24, 2.45) is 0 Å². The van der Waals surface area contributed by atoms with Gasteiger partial charge in [0.2, 0.25) is 5.91 Å². The molecule has 1 rings (SSSR count). The zero-order chi connectivity index (χ0) is 15.8. The van der Waals surface area contributed by atoms with Crippen LogP contribution >= 0.6 is 0 Å². The summed E-state index contributed by atoms with van der Waals surface area (Å²) in [5.41, 5.74) is 0.943. The molecule has 0 spiro atoms. The number of amides is 1. The van der Waals surface area contributed by atoms with Crippen molar-refractivity contribution in [3.63, 3.8) is 0 Å². The zero-order valence-electron chi connectivity index (χ0n) is 13.7. The molecule has 0 aliphatic heterocycles. The molecule has 6 heteroatoms. The first kappa shape index (κ1) is 17.2. The predicted octanol–water partition coefficient (Wildman–Crippen LogP) is 2.11. The smallest absolute Gasteiger partial charge is 0.239 e. The minimum absolute atomic E-state index is 0.0378. The summed E-state index contributed by atoms with van der Waals surface area (Å²) < 4.78 is 0. The molecule has 0 atom stereocenters. The molecule has 6 nitrogen and oxygen atoms in total. The number of aryl methyl sites for hydroxylation is 1. The van der Waals surface area contributed by atoms with E-state index in [1.165, 1.54) is 0 Å². The second kappa shape index (κ2) is 8.44. The molecule has 3 N–H and O–H groups in total. The number of hydrogen-bond acceptors (Lipinski definition) is 5. The molecule has 0 saturated heterocycles. The highest BCUT2D eigenvalue weighted by Crippen LogP contribution is 2.20. The summed E-state index contributed by atoms with van der Waals surface area (Å²) in [7, 11) is 0. The molecule has 0 saturated carbocycles. The number of carbonyl (C=O) groups is 1. The Balaban J connectivity index is 2.82. The van der Waals surface area contributed by atoms with Gasteiger partial charge in [0.05, 0.1) is 6.54 Å². The van der Waals surface area contributed by atoms with Crippen LogP contribution in [0.2, 0.25) is 0 Å². The van der Waals surface area contributed by atoms with E-state index in [-0.39, 0.29) is 18.5 Å². The number of rotatable bonds is 8. The van der Waals surface area contributed by atoms with Crippen LogP contribution in [0.1, 0.15) is 45.5 Å². The number of nitrogens with one attached hydrogen (secondary N) is 3. The largest absolute Gasteiger partial charge is 0.370 e. The fourth-order valence-corrected chi connectivity index (χ4v) is 1.85. The van der Waals surface area contributed by atoms with Crippen LogP contribution in [-0.2, 0) is 11.2 Å². The van der Waals surface area contributed by atoms with Crippen molar-refractivity contribution in [2.75, 3.05) is 23.7 Å². The Labute approximate surface area is 127 Å². The van der Waals surface area contributed by atoms with Crippen LogP contribution in [0.4, 0.5) is 11.6 Å². The van der Waals surface area contributed by atoms with Crippen molar-refractivity contribution < 1.29 is 4.79 Å². The SMILES string of the molecule is CCCNc1nc(CC)nc(NCC(=O)NC(C)C)c1C. The Morgan fingerprint density at radius 2 is 1.76 bits per heavy atom. The molecule has 21 heavy (non-hydrogen) atoms. The van der Waals surface area contributed by atoms with Gasteiger partial charge < -0.3 is 16.0 Å². The lowest BCUT2D eigenvalue weighted by atomic mass is 10.2. The first-order valence-corrected chi connectivity index (χ1v) is 7.62. The molecule has 1 aromatic rings. The Hall–Kier alpha value is -1.85. The van der Waals surface area contributed by atoms with Crippen LogP contribution in [0.25, 0.3) is 0 Å². The number of anilines is 2. The van der Waals surface area contributed by atoms with Gasteiger partial charge in [-0.15, -0.1) is 0 Å². The Morgan fingerprint density at radius 3 is 2.29 bits per heavy atom. The standard InChI is InChI=1S/C15H27N5O/c1-6-8-16-14-11(5)15(20-12(7-2)19-14)17-9-13(21)18-10(3)4/h10H,6-9H2,1-5H3,(H,18,21)(H2,16,17,19,20). The van der Waals surface area contributed by atoms with E-state index in [1.54, 1.807) is 0 Å². The van der Waals surface area contributed by atoms with E-state index in [4.69, 9.17) is 0 Å². The first-order chi connectivity index (χ1) is 9.97. The van der Waals surface area contributed by atoms with Crippen LogP contribution in [0.5, 0.6) is 0 Å². The topological polar surface area (TPSA) is 78.9 Å². The van der Waals surface area contributed by atoms with Gasteiger partial charge in [0.25, 0.3) is 0 Å². The molecule has 118 valence electrons. The molecule has 0 aromatic carbocycles. The Bertz CT molecular complexity index is 473. The quantitative estimate of drug-likeness (QED) is 0.684. The number of nitrogens with zero attached hydrogens (tertiary/aromatic N) is 2. The first-order valence-electron chi connectivity index (χ1n) is 7.62. The van der Waals surface area contributed by atoms with Crippen LogP contribution in [0.15, 0.2) is 0 Å². The highest BCUT2D eigenvalue weighted by Gasteiger charge is 2.11. The summed E-state index contributed by atoms with van der Waals surface area (Å²) in [6.07, 6.45) is 1.79. The molecule has 0 radical (unpaired) electrons. The van der Waals surface area contributed by atoms with Crippen molar-refractivity contribution >= 4 is 17.5 Å². The van der Waals surface area contributed by atoms with E-state index in [1.807, 2.05) is 27.7 Å². The average molecular weight is 293 g/mol. The van der Waals surface area contributed by atoms with E-state index >= 15 is 0 Å². The molecule has 0 unspecified atom stereocenters. The van der Waals surface area contributed by atoms with Crippen LogP contribution in [0, 0.1) is 6.92 Å². The highest BCUT2D eigenvalue weighted by molar-refractivity contribution is 5.81. The van der Waals surface area contributed by atoms with Gasteiger partial charge in [0, 0.05) is 24.6 Å². The average Bonchev–Trinajstić information content (AvgIpc) is 2.44. The fourth-order valence-electron chi connectivity index (χ4n) is 1.85. The van der Waals surface area contributed by atoms with E-state index in [9.17, 15) is 4.79 Å². The van der Waals surface area contributed by atoms with Gasteiger partial charge >= 0.3 is 0 Å². The molecule has 1 aromatic heterocycles. The molecule has 0 aliphatic carbocycles. The van der Waals surface area contributed by atoms with Crippen LogP contribution in [-0.4, -0.2) is 35.0 Å². The molecule has 1 amide bonds. The monoisotopic (exact) mass is 293 g/mol. The summed E-state index contributed by atoms with van der Waals surface area (Å²) in [4.78, 5) is 20.7. The third-order valence-corrected chi connectivity index (χ3v) is 2.92. The fraction of sp³-hybridized carbons (Fsp3) is 0.667. The van der Waals surface area contributed by atoms with E-state index in [2.05, 4.69) is 32.8 Å². The number of hydrogen-bond donors (Lipinski definition) is 3. The summed E-state index contributed by atoms with van der Waals surface area (Å²) in [6.45, 7) is 11.1. The third-order valence-electron chi connectivity index (χ3n) is 2.92. The second-order valence-corrected chi connectivity index (χ2v) is 5.32. The van der Waals surface area contributed by atoms with Crippen molar-refractivity contribution in [3.05, 3.63) is 11.4 Å². The third kappa shape index (κ3) is 5.57. The maximum atomic E-state index is 11.7. The van der Waals surface area contributed by atoms with Crippen molar-refractivity contribution in [2.45, 2.75) is 53.5 Å². The maximum absolute atomic E-state index is 11.7. The minimum Gasteiger partial charge on any atom is -0.370 e. The molecule has 0 bridgehead atoms. The van der Waals surface area contributed by atoms with E-state index in [0.717, 1.165) is 42.4 Å². The van der Waals surface area contributed by atoms with Gasteiger partial charge in [0.1, 0.15) is 17.5 Å². The van der Waals surface area contributed by atoms with Crippen LogP contribution in [0.3, 0.4) is 0 Å². The lowest BCUT2D eigenvalue weighted by molar-refractivity contribution is -0.119. The summed E-state index contributed by atoms with van der Waals surface area (Å²) in [5, 5.41) is 9.26. The van der Waals surface area contributed by atoms with Gasteiger partial charge in [-0.3, -0.25) is 4.79 Å². The number of aromatic nitrogens is 2. The normalized spacial score (nSPS) is 10.6. The van der Waals surface area contributed by atoms with Gasteiger partial charge in [-0.25, -0.2) is 9.97 Å². The van der Waals surface area contributed by atoms with E-state index in [0.29, 0.717) is 0 Å². The number of carbonyl (C=O) groups excluding carboxylic acids is 1. The van der Waals surface area contributed by atoms with Crippen molar-refractivity contribution in [1.29, 1.82) is 0 Å². The van der Waals surface area contributed by atoms with E-state index < -0.39 is 0 Å². The van der Waals surface area contributed by atoms with Crippen LogP contribution < -0.4 is 16.0 Å². The lowest BCUT2D eigenvalue weighted by Gasteiger charge is -2.15. The van der Waals surface area contributed by atoms with Gasteiger partial charge in [-0.2, -0.15) is 0 Å². The molecular weight excluding hydrogens is 266 g/mol. The minimum atomic E-state index is -0.0378. The van der Waals surface area contributed by atoms with Crippen molar-refractivity contribution in [3.8, 4) is 0 Å². The Morgan fingerprint density at radius 1 is 1.14 bits per heavy atom. The molecule has 0 aliphatic rings. The van der Waals surface area contributed by atoms with Gasteiger partial charge in [0.15, 0.2) is 0 Å². The van der Waals surface area contributed by atoms with Gasteiger partial charge in [-0.05, 0) is 27.2 Å². The molecule has 0 fully saturated rings. The van der Waals surface area contributed by atoms with Gasteiger partial charge in [-0.1, -0.05) is 13.8 Å². The summed E-state index contributed by atoms with van der Waals surface area (Å²) >= 11 is 0. The second-order valence-electron chi connectivity index (χ2n) is 5.32. The molecular formula is C15H27N5O. The maximum Gasteiger partial charge on any atom is 0.239 e. The lowest BCUT2D eigenvalue weighted by Crippen LogP contribution is -2.35. The van der Waals surface area contributed by atoms with Crippen molar-refractivity contribution in [1.82, 2.24) is 15.3 Å². The zero-order valence-corrected chi connectivity index (χ0v) is 13.7. The summed E-state index contributed by atoms with van der Waals surface area (Å²) in [6, 6.07) is 0.138. The highest BCUT2D eigenvalue weighted by atomic mass is 16.1. The predicted molar refractivity (Wildman–Crippen MR) is 86.7 cm³/mol. The Kier molecular flexibility index (Phi) is 6.91. The summed E-state index contributed by atoms with van der Waals surface area (Å²) in [5.74, 6) is 2.30. The molecule has 1 heterocycles.